The minimum Gasteiger partial charge on any atom is -0.493 e. The summed E-state index contributed by atoms with van der Waals surface area (Å²) in [5.41, 5.74) is 0.838. The second kappa shape index (κ2) is 7.95. The van der Waals surface area contributed by atoms with Crippen LogP contribution in [0.25, 0.3) is 33.7 Å². The summed E-state index contributed by atoms with van der Waals surface area (Å²) in [5, 5.41) is 25.6. The molecule has 0 aromatic heterocycles. The number of benzene rings is 4. The molecule has 0 amide bonds. The van der Waals surface area contributed by atoms with Crippen LogP contribution in [0.15, 0.2) is 60.7 Å². The van der Waals surface area contributed by atoms with Gasteiger partial charge in [-0.05, 0) is 35.1 Å². The maximum atomic E-state index is 11.8. The molecule has 0 saturated heterocycles. The van der Waals surface area contributed by atoms with Gasteiger partial charge >= 0.3 is 0 Å². The smallest absolute Gasteiger partial charge is 0.292 e. The fourth-order valence-electron chi connectivity index (χ4n) is 4.92. The van der Waals surface area contributed by atoms with Crippen LogP contribution in [0.4, 0.5) is 11.4 Å². The first-order chi connectivity index (χ1) is 17.9. The first-order valence-electron chi connectivity index (χ1n) is 11.2. The zero-order valence-corrected chi connectivity index (χ0v) is 19.6. The molecule has 4 aromatic rings. The summed E-state index contributed by atoms with van der Waals surface area (Å²) >= 11 is 0. The molecule has 4 aromatic carbocycles. The Morgan fingerprint density at radius 2 is 1.16 bits per heavy atom. The van der Waals surface area contributed by atoms with Gasteiger partial charge in [-0.3, -0.25) is 20.2 Å². The van der Waals surface area contributed by atoms with Gasteiger partial charge in [0.05, 0.1) is 34.8 Å². The standard InChI is InChI=1S/C27H18N2O8/c1-34-21-13-15-5-3-7-19(28(30)31)23(15)17-9-11-27(36-25(17)21)12-10-18-24-16(6-4-8-20(24)29(32)33)14-22(35-2)26(18)37-27/h3-14H,1-2H3. The van der Waals surface area contributed by atoms with E-state index < -0.39 is 15.6 Å². The third-order valence-electron chi connectivity index (χ3n) is 6.52. The van der Waals surface area contributed by atoms with E-state index in [2.05, 4.69) is 0 Å². The van der Waals surface area contributed by atoms with Crippen LogP contribution >= 0.6 is 0 Å². The summed E-state index contributed by atoms with van der Waals surface area (Å²) in [5.74, 6) is -0.169. The van der Waals surface area contributed by atoms with E-state index in [0.717, 1.165) is 0 Å². The van der Waals surface area contributed by atoms with E-state index in [4.69, 9.17) is 18.9 Å². The third-order valence-corrected chi connectivity index (χ3v) is 6.52. The lowest BCUT2D eigenvalue weighted by Crippen LogP contribution is -2.41. The first-order valence-corrected chi connectivity index (χ1v) is 11.2. The molecule has 2 heterocycles. The third kappa shape index (κ3) is 3.26. The number of ether oxygens (including phenoxy) is 4. The van der Waals surface area contributed by atoms with Crippen LogP contribution in [-0.2, 0) is 0 Å². The minimum absolute atomic E-state index is 0.0634. The van der Waals surface area contributed by atoms with Crippen LogP contribution in [0.3, 0.4) is 0 Å². The van der Waals surface area contributed by atoms with Crippen molar-refractivity contribution < 1.29 is 28.8 Å². The van der Waals surface area contributed by atoms with Crippen molar-refractivity contribution in [3.8, 4) is 23.0 Å². The van der Waals surface area contributed by atoms with Gasteiger partial charge in [-0.15, -0.1) is 0 Å². The van der Waals surface area contributed by atoms with Gasteiger partial charge in [0.2, 0.25) is 0 Å². The van der Waals surface area contributed by atoms with Gasteiger partial charge in [0.25, 0.3) is 17.2 Å². The lowest BCUT2D eigenvalue weighted by Gasteiger charge is -2.36. The van der Waals surface area contributed by atoms with Gasteiger partial charge in [-0.25, -0.2) is 0 Å². The van der Waals surface area contributed by atoms with E-state index in [-0.39, 0.29) is 22.9 Å². The van der Waals surface area contributed by atoms with Crippen LogP contribution in [0.5, 0.6) is 23.0 Å². The molecule has 0 saturated carbocycles. The van der Waals surface area contributed by atoms with Crippen molar-refractivity contribution in [1.82, 2.24) is 0 Å². The Labute approximate surface area is 209 Å². The number of non-ortho nitro benzene ring substituents is 2. The summed E-state index contributed by atoms with van der Waals surface area (Å²) in [6.07, 6.45) is 6.66. The first kappa shape index (κ1) is 22.4. The second-order valence-electron chi connectivity index (χ2n) is 8.50. The predicted octanol–water partition coefficient (Wildman–Crippen LogP) is 6.03. The van der Waals surface area contributed by atoms with Gasteiger partial charge in [0, 0.05) is 35.4 Å². The summed E-state index contributed by atoms with van der Waals surface area (Å²) in [4.78, 5) is 22.6. The van der Waals surface area contributed by atoms with E-state index in [1.54, 1.807) is 60.7 Å². The number of nitro groups is 2. The van der Waals surface area contributed by atoms with E-state index in [1.165, 1.54) is 26.4 Å². The Morgan fingerprint density at radius 3 is 1.54 bits per heavy atom. The van der Waals surface area contributed by atoms with E-state index in [1.807, 2.05) is 0 Å². The topological polar surface area (TPSA) is 123 Å². The van der Waals surface area contributed by atoms with Crippen LogP contribution < -0.4 is 18.9 Å². The lowest BCUT2D eigenvalue weighted by molar-refractivity contribution is -0.383. The molecule has 0 aliphatic carbocycles. The van der Waals surface area contributed by atoms with Crippen molar-refractivity contribution in [2.45, 2.75) is 5.79 Å². The van der Waals surface area contributed by atoms with Gasteiger partial charge in [0.15, 0.2) is 23.0 Å². The fraction of sp³-hybridized carbons (Fsp3) is 0.111. The van der Waals surface area contributed by atoms with Crippen molar-refractivity contribution in [3.05, 3.63) is 92.0 Å². The molecule has 184 valence electrons. The highest BCUT2D eigenvalue weighted by molar-refractivity contribution is 6.03. The monoisotopic (exact) mass is 498 g/mol. The Balaban J connectivity index is 1.55. The van der Waals surface area contributed by atoms with Crippen LogP contribution in [0.2, 0.25) is 0 Å². The molecule has 0 N–H and O–H groups in total. The van der Waals surface area contributed by atoms with E-state index in [0.29, 0.717) is 44.2 Å². The predicted molar refractivity (Wildman–Crippen MR) is 136 cm³/mol. The fourth-order valence-corrected chi connectivity index (χ4v) is 4.92. The minimum atomic E-state index is -1.45. The Hall–Kier alpha value is -5.12. The molecule has 10 nitrogen and oxygen atoms in total. The Kier molecular flexibility index (Phi) is 4.80. The number of hydrogen-bond acceptors (Lipinski definition) is 8. The number of nitrogens with zero attached hydrogens (tertiary/aromatic N) is 2. The number of methoxy groups -OCH3 is 2. The van der Waals surface area contributed by atoms with Crippen molar-refractivity contribution in [2.24, 2.45) is 0 Å². The van der Waals surface area contributed by atoms with Crippen molar-refractivity contribution in [3.63, 3.8) is 0 Å². The maximum Gasteiger partial charge on any atom is 0.292 e. The zero-order chi connectivity index (χ0) is 25.9. The molecule has 1 spiro atoms. The highest BCUT2D eigenvalue weighted by Gasteiger charge is 2.40. The quantitative estimate of drug-likeness (QED) is 0.247. The van der Waals surface area contributed by atoms with Crippen LogP contribution in [-0.4, -0.2) is 29.9 Å². The van der Waals surface area contributed by atoms with Gasteiger partial charge in [-0.1, -0.05) is 24.3 Å². The molecule has 0 radical (unpaired) electrons. The number of fused-ring (bicyclic) bond motifs is 6. The second-order valence-corrected chi connectivity index (χ2v) is 8.50. The Bertz CT molecular complexity index is 1600. The zero-order valence-electron chi connectivity index (χ0n) is 19.6. The molecule has 2 aliphatic heterocycles. The van der Waals surface area contributed by atoms with E-state index >= 15 is 0 Å². The Morgan fingerprint density at radius 1 is 0.730 bits per heavy atom. The highest BCUT2D eigenvalue weighted by Crippen LogP contribution is 2.50. The molecule has 37 heavy (non-hydrogen) atoms. The molecule has 0 atom stereocenters. The molecular formula is C27H18N2O8. The average molecular weight is 498 g/mol. The number of hydrogen-bond donors (Lipinski definition) is 0. The van der Waals surface area contributed by atoms with Crippen LogP contribution in [0.1, 0.15) is 11.1 Å². The summed E-state index contributed by atoms with van der Waals surface area (Å²) in [6.45, 7) is 0. The molecule has 2 aliphatic rings. The van der Waals surface area contributed by atoms with Crippen molar-refractivity contribution >= 4 is 45.1 Å². The van der Waals surface area contributed by atoms with Gasteiger partial charge < -0.3 is 18.9 Å². The largest absolute Gasteiger partial charge is 0.493 e. The number of rotatable bonds is 4. The molecule has 0 bridgehead atoms. The molecule has 10 heteroatoms. The van der Waals surface area contributed by atoms with Gasteiger partial charge in [0.1, 0.15) is 0 Å². The van der Waals surface area contributed by atoms with Crippen LogP contribution in [0, 0.1) is 20.2 Å². The summed E-state index contributed by atoms with van der Waals surface area (Å²) < 4.78 is 23.8. The lowest BCUT2D eigenvalue weighted by atomic mass is 9.95. The summed E-state index contributed by atoms with van der Waals surface area (Å²) in [6, 6.07) is 13.0. The summed E-state index contributed by atoms with van der Waals surface area (Å²) in [7, 11) is 2.96. The van der Waals surface area contributed by atoms with E-state index in [9.17, 15) is 20.2 Å². The van der Waals surface area contributed by atoms with Crippen molar-refractivity contribution in [2.75, 3.05) is 14.2 Å². The molecular weight excluding hydrogens is 480 g/mol. The molecule has 0 fully saturated rings. The number of nitro benzene ring substituents is 2. The highest BCUT2D eigenvalue weighted by atomic mass is 16.7. The molecule has 0 unspecified atom stereocenters. The van der Waals surface area contributed by atoms with Gasteiger partial charge in [-0.2, -0.15) is 0 Å². The maximum absolute atomic E-state index is 11.8. The molecule has 6 rings (SSSR count). The SMILES string of the molecule is COc1cc2cccc([N+](=O)[O-])c2c2c1OC1(C=C2)C=Cc2c(c(OC)cc3cccc([N+](=O)[O-])c23)O1. The average Bonchev–Trinajstić information content (AvgIpc) is 2.90. The van der Waals surface area contributed by atoms with Crippen molar-refractivity contribution in [1.29, 1.82) is 0 Å². The normalized spacial score (nSPS) is 14.5.